The molecule has 21 heavy (non-hydrogen) atoms. The van der Waals surface area contributed by atoms with Crippen molar-refractivity contribution < 1.29 is 19.2 Å². The van der Waals surface area contributed by atoms with Crippen LogP contribution in [0.2, 0.25) is 0 Å². The van der Waals surface area contributed by atoms with Gasteiger partial charge in [0.1, 0.15) is 11.7 Å². The topological polar surface area (TPSA) is 71.5 Å². The fourth-order valence-corrected chi connectivity index (χ4v) is 3.12. The van der Waals surface area contributed by atoms with Crippen LogP contribution in [0.4, 0.5) is 0 Å². The lowest BCUT2D eigenvalue weighted by Crippen LogP contribution is -2.38. The summed E-state index contributed by atoms with van der Waals surface area (Å²) in [7, 11) is 0. The summed E-state index contributed by atoms with van der Waals surface area (Å²) in [6.45, 7) is 4.95. The number of likely N-dealkylation sites (tertiary alicyclic amines) is 1. The number of carbonyl (C=O) groups excluding carboxylic acids is 4. The van der Waals surface area contributed by atoms with E-state index in [1.54, 1.807) is 0 Å². The standard InChI is InChI=1S/C16H21NO4/c1-10(2)14(19)17-15(20)11-8-6-4-3-5-7-9-12(18)13(11)16(17)21/h11,13H,1,3-9H2,2H3. The zero-order valence-electron chi connectivity index (χ0n) is 12.4. The van der Waals surface area contributed by atoms with Crippen molar-refractivity contribution in [1.29, 1.82) is 0 Å². The van der Waals surface area contributed by atoms with Gasteiger partial charge in [0.05, 0.1) is 5.92 Å². The highest BCUT2D eigenvalue weighted by atomic mass is 16.2. The number of ketones is 1. The maximum Gasteiger partial charge on any atom is 0.262 e. The van der Waals surface area contributed by atoms with E-state index in [1.807, 2.05) is 0 Å². The fraction of sp³-hybridized carbons (Fsp3) is 0.625. The Morgan fingerprint density at radius 3 is 2.33 bits per heavy atom. The Labute approximate surface area is 124 Å². The second kappa shape index (κ2) is 6.33. The Kier molecular flexibility index (Phi) is 4.70. The Morgan fingerprint density at radius 2 is 1.67 bits per heavy atom. The number of hydrogen-bond donors (Lipinski definition) is 0. The molecule has 1 saturated carbocycles. The van der Waals surface area contributed by atoms with E-state index in [0.29, 0.717) is 17.7 Å². The molecule has 1 saturated heterocycles. The lowest BCUT2D eigenvalue weighted by molar-refractivity contribution is -0.148. The number of amides is 3. The summed E-state index contributed by atoms with van der Waals surface area (Å²) in [5.74, 6) is -3.67. The van der Waals surface area contributed by atoms with Crippen molar-refractivity contribution in [2.24, 2.45) is 11.8 Å². The number of nitrogens with zero attached hydrogens (tertiary/aromatic N) is 1. The quantitative estimate of drug-likeness (QED) is 0.421. The normalized spacial score (nSPS) is 27.5. The SMILES string of the molecule is C=C(C)C(=O)N1C(=O)C2CCCCCCCC(=O)C2C1=O. The third kappa shape index (κ3) is 2.96. The van der Waals surface area contributed by atoms with Crippen LogP contribution in [0.25, 0.3) is 0 Å². The van der Waals surface area contributed by atoms with Gasteiger partial charge in [-0.2, -0.15) is 0 Å². The van der Waals surface area contributed by atoms with Gasteiger partial charge in [-0.1, -0.05) is 32.3 Å². The molecule has 5 heteroatoms. The van der Waals surface area contributed by atoms with Crippen LogP contribution in [0.3, 0.4) is 0 Å². The fourth-order valence-electron chi connectivity index (χ4n) is 3.12. The van der Waals surface area contributed by atoms with Crippen LogP contribution in [-0.4, -0.2) is 28.4 Å². The minimum atomic E-state index is -0.959. The van der Waals surface area contributed by atoms with Crippen molar-refractivity contribution in [2.45, 2.75) is 51.9 Å². The molecule has 1 aliphatic carbocycles. The van der Waals surface area contributed by atoms with Gasteiger partial charge in [-0.3, -0.25) is 19.2 Å². The molecule has 0 radical (unpaired) electrons. The molecule has 2 rings (SSSR count). The van der Waals surface area contributed by atoms with Gasteiger partial charge in [0.15, 0.2) is 0 Å². The predicted octanol–water partition coefficient (Wildman–Crippen LogP) is 2.00. The van der Waals surface area contributed by atoms with Gasteiger partial charge in [-0.15, -0.1) is 0 Å². The Balaban J connectivity index is 2.30. The van der Waals surface area contributed by atoms with Gasteiger partial charge < -0.3 is 0 Å². The van der Waals surface area contributed by atoms with Crippen LogP contribution in [0.1, 0.15) is 51.9 Å². The molecule has 2 aliphatic rings. The molecule has 0 spiro atoms. The second-order valence-corrected chi connectivity index (χ2v) is 5.95. The molecule has 5 nitrogen and oxygen atoms in total. The van der Waals surface area contributed by atoms with Crippen molar-refractivity contribution in [3.63, 3.8) is 0 Å². The summed E-state index contributed by atoms with van der Waals surface area (Å²) >= 11 is 0. The molecule has 2 atom stereocenters. The van der Waals surface area contributed by atoms with E-state index < -0.39 is 29.6 Å². The van der Waals surface area contributed by atoms with Gasteiger partial charge in [0.2, 0.25) is 11.8 Å². The number of hydrogen-bond acceptors (Lipinski definition) is 4. The summed E-state index contributed by atoms with van der Waals surface area (Å²) in [5, 5.41) is 0. The molecule has 0 bridgehead atoms. The van der Waals surface area contributed by atoms with Crippen molar-refractivity contribution in [3.8, 4) is 0 Å². The van der Waals surface area contributed by atoms with E-state index in [-0.39, 0.29) is 11.4 Å². The van der Waals surface area contributed by atoms with E-state index in [4.69, 9.17) is 0 Å². The highest BCUT2D eigenvalue weighted by Crippen LogP contribution is 2.34. The minimum absolute atomic E-state index is 0.132. The number of fused-ring (bicyclic) bond motifs is 1. The summed E-state index contributed by atoms with van der Waals surface area (Å²) in [6.07, 6.45) is 5.38. The molecular weight excluding hydrogens is 270 g/mol. The number of carbonyl (C=O) groups is 4. The van der Waals surface area contributed by atoms with E-state index in [1.165, 1.54) is 6.92 Å². The van der Waals surface area contributed by atoms with Gasteiger partial charge in [-0.05, 0) is 19.8 Å². The van der Waals surface area contributed by atoms with Crippen molar-refractivity contribution >= 4 is 23.5 Å². The van der Waals surface area contributed by atoms with Crippen LogP contribution < -0.4 is 0 Å². The molecule has 2 fully saturated rings. The second-order valence-electron chi connectivity index (χ2n) is 5.95. The van der Waals surface area contributed by atoms with E-state index in [0.717, 1.165) is 32.1 Å². The Morgan fingerprint density at radius 1 is 1.05 bits per heavy atom. The van der Waals surface area contributed by atoms with Gasteiger partial charge >= 0.3 is 0 Å². The third-order valence-electron chi connectivity index (χ3n) is 4.28. The van der Waals surface area contributed by atoms with Crippen LogP contribution in [0.5, 0.6) is 0 Å². The van der Waals surface area contributed by atoms with E-state index >= 15 is 0 Å². The molecule has 2 unspecified atom stereocenters. The average molecular weight is 291 g/mol. The maximum absolute atomic E-state index is 12.4. The highest BCUT2D eigenvalue weighted by Gasteiger charge is 2.52. The molecule has 0 aromatic rings. The first-order valence-electron chi connectivity index (χ1n) is 7.55. The largest absolute Gasteiger partial charge is 0.299 e. The van der Waals surface area contributed by atoms with E-state index in [9.17, 15) is 19.2 Å². The first kappa shape index (κ1) is 15.6. The van der Waals surface area contributed by atoms with Crippen LogP contribution in [-0.2, 0) is 19.2 Å². The zero-order chi connectivity index (χ0) is 15.6. The lowest BCUT2D eigenvalue weighted by atomic mass is 9.84. The van der Waals surface area contributed by atoms with Crippen molar-refractivity contribution in [3.05, 3.63) is 12.2 Å². The molecular formula is C16H21NO4. The number of imide groups is 3. The molecule has 0 aromatic carbocycles. The smallest absolute Gasteiger partial charge is 0.262 e. The first-order valence-corrected chi connectivity index (χ1v) is 7.55. The maximum atomic E-state index is 12.4. The van der Waals surface area contributed by atoms with Crippen molar-refractivity contribution in [1.82, 2.24) is 4.90 Å². The molecule has 1 heterocycles. The van der Waals surface area contributed by atoms with Crippen LogP contribution in [0, 0.1) is 11.8 Å². The molecule has 3 amide bonds. The molecule has 1 aliphatic heterocycles. The van der Waals surface area contributed by atoms with Crippen LogP contribution in [0.15, 0.2) is 12.2 Å². The third-order valence-corrected chi connectivity index (χ3v) is 4.28. The highest BCUT2D eigenvalue weighted by molar-refractivity contribution is 6.25. The van der Waals surface area contributed by atoms with Gasteiger partial charge in [0, 0.05) is 12.0 Å². The monoisotopic (exact) mass is 291 g/mol. The zero-order valence-corrected chi connectivity index (χ0v) is 12.4. The summed E-state index contributed by atoms with van der Waals surface area (Å²) in [4.78, 5) is 49.7. The predicted molar refractivity (Wildman–Crippen MR) is 76.0 cm³/mol. The number of rotatable bonds is 1. The minimum Gasteiger partial charge on any atom is -0.299 e. The van der Waals surface area contributed by atoms with E-state index in [2.05, 4.69) is 6.58 Å². The molecule has 114 valence electrons. The summed E-state index contributed by atoms with van der Waals surface area (Å²) < 4.78 is 0. The Hall–Kier alpha value is -1.78. The summed E-state index contributed by atoms with van der Waals surface area (Å²) in [5.41, 5.74) is 0.132. The average Bonchev–Trinajstić information content (AvgIpc) is 2.68. The lowest BCUT2D eigenvalue weighted by Gasteiger charge is -2.15. The van der Waals surface area contributed by atoms with Gasteiger partial charge in [-0.25, -0.2) is 4.90 Å². The molecule has 0 N–H and O–H groups in total. The Bertz CT molecular complexity index is 508. The first-order chi connectivity index (χ1) is 9.95. The number of Topliss-reactive ketones (excluding diaryl/α,β-unsaturated/α-hetero) is 1. The van der Waals surface area contributed by atoms with Crippen LogP contribution >= 0.6 is 0 Å². The van der Waals surface area contributed by atoms with Crippen molar-refractivity contribution in [2.75, 3.05) is 0 Å². The van der Waals surface area contributed by atoms with Gasteiger partial charge in [0.25, 0.3) is 5.91 Å². The summed E-state index contributed by atoms with van der Waals surface area (Å²) in [6, 6.07) is 0. The molecule has 0 aromatic heterocycles.